The van der Waals surface area contributed by atoms with Gasteiger partial charge in [0.25, 0.3) is 0 Å². The second kappa shape index (κ2) is 6.56. The van der Waals surface area contributed by atoms with E-state index in [4.69, 9.17) is 0 Å². The minimum atomic E-state index is 0.508. The zero-order chi connectivity index (χ0) is 13.7. The third-order valence-corrected chi connectivity index (χ3v) is 3.91. The number of aromatic nitrogens is 1. The lowest BCUT2D eigenvalue weighted by molar-refractivity contribution is 0.471. The molecule has 1 heterocycles. The van der Waals surface area contributed by atoms with E-state index >= 15 is 0 Å². The van der Waals surface area contributed by atoms with Gasteiger partial charge in [-0.05, 0) is 32.8 Å². The fraction of sp³-hybridized carbons (Fsp3) is 0.625. The monoisotopic (exact) mass is 257 g/mol. The number of nitrogens with one attached hydrogen (secondary N) is 1. The van der Waals surface area contributed by atoms with Crippen LogP contribution in [0.5, 0.6) is 0 Å². The first kappa shape index (κ1) is 13.9. The summed E-state index contributed by atoms with van der Waals surface area (Å²) in [5.74, 6) is 0. The van der Waals surface area contributed by atoms with Crippen molar-refractivity contribution in [2.45, 2.75) is 64.8 Å². The largest absolute Gasteiger partial charge is 0.381 e. The van der Waals surface area contributed by atoms with Crippen LogP contribution in [0.2, 0.25) is 0 Å². The van der Waals surface area contributed by atoms with E-state index in [1.807, 2.05) is 19.9 Å². The fourth-order valence-corrected chi connectivity index (χ4v) is 2.90. The molecule has 1 N–H and O–H groups in total. The molecular formula is C16H23N3. The Morgan fingerprint density at radius 3 is 2.42 bits per heavy atom. The summed E-state index contributed by atoms with van der Waals surface area (Å²) in [6, 6.07) is 4.80. The molecule has 1 fully saturated rings. The van der Waals surface area contributed by atoms with Crippen molar-refractivity contribution in [1.29, 1.82) is 5.26 Å². The number of hydrogen-bond acceptors (Lipinski definition) is 3. The highest BCUT2D eigenvalue weighted by Gasteiger charge is 2.14. The van der Waals surface area contributed by atoms with Gasteiger partial charge in [0.2, 0.25) is 0 Å². The quantitative estimate of drug-likeness (QED) is 0.868. The van der Waals surface area contributed by atoms with Crippen LogP contribution >= 0.6 is 0 Å². The summed E-state index contributed by atoms with van der Waals surface area (Å²) in [4.78, 5) is 4.37. The molecule has 0 spiro atoms. The van der Waals surface area contributed by atoms with Crippen LogP contribution in [-0.2, 0) is 0 Å². The van der Waals surface area contributed by atoms with Crippen molar-refractivity contribution in [3.63, 3.8) is 0 Å². The highest BCUT2D eigenvalue weighted by Crippen LogP contribution is 2.24. The highest BCUT2D eigenvalue weighted by molar-refractivity contribution is 5.60. The Morgan fingerprint density at radius 1 is 1.16 bits per heavy atom. The minimum Gasteiger partial charge on any atom is -0.381 e. The van der Waals surface area contributed by atoms with Gasteiger partial charge >= 0.3 is 0 Å². The SMILES string of the molecule is Cc1cc(NC2CCCCCCC2)c(C#N)c(C)n1. The summed E-state index contributed by atoms with van der Waals surface area (Å²) >= 11 is 0. The van der Waals surface area contributed by atoms with Crippen LogP contribution in [0.25, 0.3) is 0 Å². The molecule has 1 saturated carbocycles. The maximum absolute atomic E-state index is 9.29. The van der Waals surface area contributed by atoms with Crippen molar-refractivity contribution in [3.8, 4) is 6.07 Å². The fourth-order valence-electron chi connectivity index (χ4n) is 2.90. The number of nitriles is 1. The molecular weight excluding hydrogens is 234 g/mol. The molecule has 0 aliphatic heterocycles. The lowest BCUT2D eigenvalue weighted by atomic mass is 9.96. The van der Waals surface area contributed by atoms with E-state index in [0.717, 1.165) is 17.1 Å². The molecule has 3 nitrogen and oxygen atoms in total. The normalized spacial score (nSPS) is 17.3. The topological polar surface area (TPSA) is 48.7 Å². The lowest BCUT2D eigenvalue weighted by Gasteiger charge is -2.23. The first-order chi connectivity index (χ1) is 9.20. The van der Waals surface area contributed by atoms with Crippen LogP contribution < -0.4 is 5.32 Å². The standard InChI is InChI=1S/C16H23N3/c1-12-10-16(15(11-17)13(2)18-12)19-14-8-6-4-3-5-7-9-14/h10,14H,3-9H2,1-2H3,(H,18,19). The summed E-state index contributed by atoms with van der Waals surface area (Å²) in [5.41, 5.74) is 3.48. The summed E-state index contributed by atoms with van der Waals surface area (Å²) in [6.45, 7) is 3.90. The average molecular weight is 257 g/mol. The maximum atomic E-state index is 9.29. The maximum Gasteiger partial charge on any atom is 0.103 e. The third kappa shape index (κ3) is 3.70. The Morgan fingerprint density at radius 2 is 1.79 bits per heavy atom. The Bertz CT molecular complexity index is 466. The van der Waals surface area contributed by atoms with Crippen LogP contribution in [0, 0.1) is 25.2 Å². The van der Waals surface area contributed by atoms with E-state index in [2.05, 4.69) is 16.4 Å². The predicted octanol–water partition coefficient (Wildman–Crippen LogP) is 4.09. The van der Waals surface area contributed by atoms with Gasteiger partial charge in [0.05, 0.1) is 16.9 Å². The van der Waals surface area contributed by atoms with Crippen molar-refractivity contribution in [3.05, 3.63) is 23.0 Å². The first-order valence-corrected chi connectivity index (χ1v) is 7.35. The molecule has 1 aliphatic rings. The molecule has 102 valence electrons. The van der Waals surface area contributed by atoms with Gasteiger partial charge < -0.3 is 5.32 Å². The summed E-state index contributed by atoms with van der Waals surface area (Å²) in [6.07, 6.45) is 9.08. The summed E-state index contributed by atoms with van der Waals surface area (Å²) in [7, 11) is 0. The van der Waals surface area contributed by atoms with Gasteiger partial charge in [-0.2, -0.15) is 5.26 Å². The predicted molar refractivity (Wildman–Crippen MR) is 78.2 cm³/mol. The third-order valence-electron chi connectivity index (χ3n) is 3.91. The minimum absolute atomic E-state index is 0.508. The van der Waals surface area contributed by atoms with Gasteiger partial charge in [0.15, 0.2) is 0 Å². The molecule has 0 unspecified atom stereocenters. The lowest BCUT2D eigenvalue weighted by Crippen LogP contribution is -2.21. The molecule has 1 aliphatic carbocycles. The number of aryl methyl sites for hydroxylation is 2. The molecule has 1 aromatic rings. The van der Waals surface area contributed by atoms with Crippen LogP contribution in [-0.4, -0.2) is 11.0 Å². The molecule has 1 aromatic heterocycles. The molecule has 0 aromatic carbocycles. The molecule has 0 amide bonds. The highest BCUT2D eigenvalue weighted by atomic mass is 14.9. The Kier molecular flexibility index (Phi) is 4.79. The van der Waals surface area contributed by atoms with Crippen LogP contribution in [0.3, 0.4) is 0 Å². The van der Waals surface area contributed by atoms with Crippen LogP contribution in [0.1, 0.15) is 61.9 Å². The second-order valence-electron chi connectivity index (χ2n) is 5.57. The second-order valence-corrected chi connectivity index (χ2v) is 5.57. The number of rotatable bonds is 2. The van der Waals surface area contributed by atoms with E-state index in [1.54, 1.807) is 0 Å². The van der Waals surface area contributed by atoms with Gasteiger partial charge in [-0.1, -0.05) is 32.1 Å². The number of anilines is 1. The van der Waals surface area contributed by atoms with E-state index in [9.17, 15) is 5.26 Å². The molecule has 3 heteroatoms. The van der Waals surface area contributed by atoms with Crippen molar-refractivity contribution in [2.24, 2.45) is 0 Å². The Balaban J connectivity index is 2.15. The number of nitrogens with zero attached hydrogens (tertiary/aromatic N) is 2. The first-order valence-electron chi connectivity index (χ1n) is 7.35. The summed E-state index contributed by atoms with van der Waals surface area (Å²) < 4.78 is 0. The van der Waals surface area contributed by atoms with Crippen molar-refractivity contribution in [1.82, 2.24) is 4.98 Å². The van der Waals surface area contributed by atoms with E-state index in [1.165, 1.54) is 44.9 Å². The van der Waals surface area contributed by atoms with Gasteiger partial charge in [0.1, 0.15) is 6.07 Å². The molecule has 0 atom stereocenters. The van der Waals surface area contributed by atoms with Crippen LogP contribution in [0.15, 0.2) is 6.07 Å². The average Bonchev–Trinajstić information content (AvgIpc) is 2.32. The Labute approximate surface area is 116 Å². The number of pyridine rings is 1. The molecule has 0 saturated heterocycles. The zero-order valence-corrected chi connectivity index (χ0v) is 12.0. The van der Waals surface area contributed by atoms with Gasteiger partial charge in [-0.25, -0.2) is 0 Å². The zero-order valence-electron chi connectivity index (χ0n) is 12.0. The van der Waals surface area contributed by atoms with Gasteiger partial charge in [0, 0.05) is 11.7 Å². The van der Waals surface area contributed by atoms with Gasteiger partial charge in [-0.3, -0.25) is 4.98 Å². The molecule has 0 bridgehead atoms. The molecule has 0 radical (unpaired) electrons. The van der Waals surface area contributed by atoms with Crippen molar-refractivity contribution in [2.75, 3.05) is 5.32 Å². The summed E-state index contributed by atoms with van der Waals surface area (Å²) in [5, 5.41) is 12.9. The van der Waals surface area contributed by atoms with E-state index in [-0.39, 0.29) is 0 Å². The molecule has 2 rings (SSSR count). The van der Waals surface area contributed by atoms with E-state index < -0.39 is 0 Å². The van der Waals surface area contributed by atoms with Crippen molar-refractivity contribution >= 4 is 5.69 Å². The smallest absolute Gasteiger partial charge is 0.103 e. The van der Waals surface area contributed by atoms with E-state index in [0.29, 0.717) is 11.6 Å². The molecule has 19 heavy (non-hydrogen) atoms. The Hall–Kier alpha value is -1.56. The van der Waals surface area contributed by atoms with Crippen molar-refractivity contribution < 1.29 is 0 Å². The van der Waals surface area contributed by atoms with Crippen LogP contribution in [0.4, 0.5) is 5.69 Å². The number of hydrogen-bond donors (Lipinski definition) is 1. The van der Waals surface area contributed by atoms with Gasteiger partial charge in [-0.15, -0.1) is 0 Å².